The Kier molecular flexibility index (Phi) is 14.0. The smallest absolute Gasteiger partial charge is 0.338 e. The molecular formula is C32H46Ac2O9Si. The van der Waals surface area contributed by atoms with E-state index in [1.165, 1.54) is 19.1 Å². The molecule has 1 aromatic carbocycles. The Balaban J connectivity index is 0.00000337. The molecular weight excluding hydrogens is 1010 g/mol. The molecule has 2 fully saturated rings. The van der Waals surface area contributed by atoms with E-state index >= 15 is 0 Å². The molecule has 4 rings (SSSR count). The third-order valence-corrected chi connectivity index (χ3v) is 15.6. The molecule has 2 saturated carbocycles. The van der Waals surface area contributed by atoms with Gasteiger partial charge in [-0.3, -0.25) is 9.59 Å². The van der Waals surface area contributed by atoms with Crippen molar-refractivity contribution in [3.8, 4) is 0 Å². The molecule has 2 bridgehead atoms. The number of ketones is 2. The van der Waals surface area contributed by atoms with Crippen LogP contribution >= 0.6 is 0 Å². The van der Waals surface area contributed by atoms with Crippen LogP contribution in [0.3, 0.4) is 0 Å². The molecule has 2 radical (unpaired) electrons. The summed E-state index contributed by atoms with van der Waals surface area (Å²) >= 11 is 0. The summed E-state index contributed by atoms with van der Waals surface area (Å²) in [5.41, 5.74) is -4.64. The maximum absolute atomic E-state index is 14.6. The van der Waals surface area contributed by atoms with E-state index in [2.05, 4.69) is 0 Å². The fraction of sp³-hybridized carbons (Fsp3) is 0.656. The van der Waals surface area contributed by atoms with Crippen LogP contribution in [0.1, 0.15) is 71.7 Å². The van der Waals surface area contributed by atoms with Crippen molar-refractivity contribution in [2.75, 3.05) is 0 Å². The Morgan fingerprint density at radius 2 is 1.50 bits per heavy atom. The van der Waals surface area contributed by atoms with Crippen LogP contribution in [0, 0.1) is 105 Å². The molecule has 44 heavy (non-hydrogen) atoms. The third-order valence-electron chi connectivity index (χ3n) is 11.0. The van der Waals surface area contributed by atoms with Gasteiger partial charge in [0.15, 0.2) is 19.9 Å². The van der Waals surface area contributed by atoms with Crippen molar-refractivity contribution in [3.05, 3.63) is 47.0 Å². The molecule has 1 unspecified atom stereocenters. The van der Waals surface area contributed by atoms with Crippen LogP contribution in [0.25, 0.3) is 0 Å². The zero-order valence-electron chi connectivity index (χ0n) is 26.9. The van der Waals surface area contributed by atoms with Crippen LogP contribution < -0.4 is 0 Å². The van der Waals surface area contributed by atoms with Crippen molar-refractivity contribution in [1.82, 2.24) is 0 Å². The number of esters is 1. The first-order valence-electron chi connectivity index (χ1n) is 15.1. The number of hydrogen-bond donors (Lipinski definition) is 4. The normalized spacial score (nSPS) is 35.0. The number of aliphatic hydroxyl groups excluding tert-OH is 3. The second-order valence-electron chi connectivity index (χ2n) is 13.1. The van der Waals surface area contributed by atoms with Crippen molar-refractivity contribution in [2.24, 2.45) is 16.7 Å². The molecule has 0 aliphatic heterocycles. The first-order chi connectivity index (χ1) is 19.6. The van der Waals surface area contributed by atoms with Gasteiger partial charge in [-0.05, 0) is 55.3 Å². The quantitative estimate of drug-likeness (QED) is 0.183. The van der Waals surface area contributed by atoms with Crippen molar-refractivity contribution in [1.29, 1.82) is 0 Å². The predicted octanol–water partition coefficient (Wildman–Crippen LogP) is 3.34. The number of Topliss-reactive ketones (excluding diaryl/α,β-unsaturated/α-hetero) is 2. The average molecular weight is 1060 g/mol. The van der Waals surface area contributed by atoms with Gasteiger partial charge in [-0.2, -0.15) is 0 Å². The second kappa shape index (κ2) is 15.1. The maximum Gasteiger partial charge on any atom is 0.338 e. The summed E-state index contributed by atoms with van der Waals surface area (Å²) in [5.74, 6) is -3.88. The molecule has 9 nitrogen and oxygen atoms in total. The fourth-order valence-corrected chi connectivity index (χ4v) is 10.7. The summed E-state index contributed by atoms with van der Waals surface area (Å²) in [6.07, 6.45) is -7.73. The average Bonchev–Trinajstić information content (AvgIpc) is 2.96. The molecule has 1 aromatic rings. The third kappa shape index (κ3) is 6.51. The van der Waals surface area contributed by atoms with Gasteiger partial charge in [0, 0.05) is 106 Å². The SMILES string of the molecule is CC[Si](CC)(CC)O[C@H]1C[C@H](O)C(=O)C2[C@H](OC(=O)c3ccccc3)[C@]3(O)C[C@H](O)C(C)=C([C@@H](O)C(=O)[C@@]21C)C3(C)C.[Ac].[Ac]. The zero-order valence-corrected chi connectivity index (χ0v) is 37.4. The van der Waals surface area contributed by atoms with Gasteiger partial charge in [-0.1, -0.05) is 52.8 Å². The van der Waals surface area contributed by atoms with Crippen LogP contribution in [-0.4, -0.2) is 82.4 Å². The van der Waals surface area contributed by atoms with Crippen LogP contribution in [0.2, 0.25) is 18.1 Å². The molecule has 0 saturated heterocycles. The van der Waals surface area contributed by atoms with E-state index in [0.717, 1.165) is 18.1 Å². The Morgan fingerprint density at radius 3 is 2.02 bits per heavy atom. The number of aliphatic hydroxyl groups is 4. The standard InChI is InChI=1S/C32H46O9Si.2Ac/c1-8-42(9-2,10-3)41-22-16-20(33)25(35)24-28(40-29(38)19-14-12-11-13-15-19)32(39)17-21(34)18(4)23(30(32,5)6)26(36)27(37)31(22,24)7;;/h11-15,20-22,24,26,28,33-34,36,39H,8-10,16-17H2,1-7H3;;/t20-,21-,22-,24?,26+,28-,31+,32+;;/m0../s1. The van der Waals surface area contributed by atoms with Crippen molar-refractivity contribution in [2.45, 2.75) is 116 Å². The molecule has 0 aromatic heterocycles. The summed E-state index contributed by atoms with van der Waals surface area (Å²) in [4.78, 5) is 42.3. The Labute approximate surface area is 333 Å². The minimum absolute atomic E-state index is 0. The van der Waals surface area contributed by atoms with E-state index in [0.29, 0.717) is 5.57 Å². The number of carbonyl (C=O) groups is 3. The van der Waals surface area contributed by atoms with Crippen molar-refractivity contribution in [3.63, 3.8) is 0 Å². The number of hydrogen-bond acceptors (Lipinski definition) is 9. The molecule has 0 spiro atoms. The summed E-state index contributed by atoms with van der Waals surface area (Å²) in [7, 11) is -2.45. The van der Waals surface area contributed by atoms with Gasteiger partial charge in [0.2, 0.25) is 0 Å². The number of rotatable bonds is 7. The first kappa shape index (κ1) is 40.8. The largest absolute Gasteiger partial charge is 0.455 e. The van der Waals surface area contributed by atoms with Gasteiger partial charge in [0.25, 0.3) is 0 Å². The topological polar surface area (TPSA) is 151 Å². The summed E-state index contributed by atoms with van der Waals surface area (Å²) in [6.45, 7) is 12.4. The minimum atomic E-state index is -2.45. The van der Waals surface area contributed by atoms with Gasteiger partial charge >= 0.3 is 5.97 Å². The molecule has 4 N–H and O–H groups in total. The number of fused-ring (bicyclic) bond motifs is 3. The summed E-state index contributed by atoms with van der Waals surface area (Å²) in [5, 5.41) is 46.7. The van der Waals surface area contributed by atoms with E-state index in [1.54, 1.807) is 39.0 Å². The van der Waals surface area contributed by atoms with Gasteiger partial charge < -0.3 is 29.6 Å². The van der Waals surface area contributed by atoms with Crippen LogP contribution in [0.5, 0.6) is 0 Å². The first-order valence-corrected chi connectivity index (χ1v) is 17.6. The molecule has 8 atom stereocenters. The van der Waals surface area contributed by atoms with E-state index in [4.69, 9.17) is 9.16 Å². The van der Waals surface area contributed by atoms with Crippen molar-refractivity contribution < 1.29 is 132 Å². The molecule has 0 amide bonds. The summed E-state index contributed by atoms with van der Waals surface area (Å²) in [6, 6.07) is 10.3. The van der Waals surface area contributed by atoms with Crippen LogP contribution in [0.4, 0.5) is 0 Å². The molecule has 3 aliphatic carbocycles. The van der Waals surface area contributed by atoms with Gasteiger partial charge in [-0.15, -0.1) is 0 Å². The molecule has 238 valence electrons. The monoisotopic (exact) mass is 1060 g/mol. The van der Waals surface area contributed by atoms with E-state index < -0.39 is 78.7 Å². The van der Waals surface area contributed by atoms with Gasteiger partial charge in [0.1, 0.15) is 23.9 Å². The van der Waals surface area contributed by atoms with Crippen molar-refractivity contribution >= 4 is 25.9 Å². The van der Waals surface area contributed by atoms with Gasteiger partial charge in [-0.25, -0.2) is 4.79 Å². The maximum atomic E-state index is 14.6. The number of ether oxygens (including phenoxy) is 1. The predicted molar refractivity (Wildman–Crippen MR) is 158 cm³/mol. The van der Waals surface area contributed by atoms with Crippen LogP contribution in [-0.2, 0) is 18.8 Å². The Hall–Kier alpha value is 0.670. The summed E-state index contributed by atoms with van der Waals surface area (Å²) < 4.78 is 12.9. The molecule has 12 heteroatoms. The number of benzene rings is 1. The van der Waals surface area contributed by atoms with Crippen LogP contribution in [0.15, 0.2) is 41.5 Å². The number of carbonyl (C=O) groups excluding carboxylic acids is 3. The molecule has 3 aliphatic rings. The van der Waals surface area contributed by atoms with E-state index in [1.807, 2.05) is 20.8 Å². The zero-order chi connectivity index (χ0) is 31.4. The Morgan fingerprint density at radius 1 is 0.955 bits per heavy atom. The van der Waals surface area contributed by atoms with Gasteiger partial charge in [0.05, 0.1) is 29.1 Å². The van der Waals surface area contributed by atoms with E-state index in [9.17, 15) is 34.8 Å². The Bertz CT molecular complexity index is 1260. The minimum Gasteiger partial charge on any atom is -0.455 e. The second-order valence-corrected chi connectivity index (χ2v) is 17.8. The molecule has 0 heterocycles. The fourth-order valence-electron chi connectivity index (χ4n) is 7.78. The van der Waals surface area contributed by atoms with E-state index in [-0.39, 0.29) is 112 Å².